The summed E-state index contributed by atoms with van der Waals surface area (Å²) in [7, 11) is 4.30. The summed E-state index contributed by atoms with van der Waals surface area (Å²) in [6.45, 7) is 35.9. The zero-order valence-electron chi connectivity index (χ0n) is 66.7. The number of esters is 2. The van der Waals surface area contributed by atoms with E-state index in [1.807, 2.05) is 276 Å². The van der Waals surface area contributed by atoms with Crippen molar-refractivity contribution < 1.29 is 33.7 Å². The molecule has 5 N–H and O–H groups in total. The molecule has 4 aromatic heterocycles. The van der Waals surface area contributed by atoms with Crippen molar-refractivity contribution in [3.8, 4) is 33.8 Å². The number of hydrogen-bond acceptors (Lipinski definition) is 6. The highest BCUT2D eigenvalue weighted by Crippen LogP contribution is 2.38. The number of carbonyl (C=O) groups is 3. The molecule has 0 aliphatic heterocycles. The number of benzene rings is 8. The van der Waals surface area contributed by atoms with Gasteiger partial charge in [0, 0.05) is 81.0 Å². The summed E-state index contributed by atoms with van der Waals surface area (Å²) in [6, 6.07) is 77.6. The van der Waals surface area contributed by atoms with E-state index < -0.39 is 5.97 Å². The second-order valence-corrected chi connectivity index (χ2v) is 21.4. The van der Waals surface area contributed by atoms with Crippen LogP contribution >= 0.6 is 0 Å². The minimum absolute atomic E-state index is 0.0440. The predicted molar refractivity (Wildman–Crippen MR) is 452 cm³/mol. The van der Waals surface area contributed by atoms with Crippen LogP contribution in [-0.2, 0) is 35.0 Å². The number of H-pyrrole nitrogens is 4. The van der Waals surface area contributed by atoms with Gasteiger partial charge in [-0.05, 0) is 121 Å². The summed E-state index contributed by atoms with van der Waals surface area (Å²) < 4.78 is 13.9. The van der Waals surface area contributed by atoms with E-state index >= 15 is 0 Å². The molecule has 560 valence electrons. The number of hydrogen-bond donors (Lipinski definition) is 5. The highest BCUT2D eigenvalue weighted by atomic mass is 16.5. The van der Waals surface area contributed by atoms with Crippen molar-refractivity contribution in [3.05, 3.63) is 272 Å². The molecule has 1 fully saturated rings. The van der Waals surface area contributed by atoms with Gasteiger partial charge in [0.2, 0.25) is 0 Å². The van der Waals surface area contributed by atoms with Crippen LogP contribution in [0.2, 0.25) is 0 Å². The number of rotatable bonds is 11. The number of allylic oxidation sites excluding steroid dienone is 2. The fraction of sp³-hybridized carbons (Fsp3) is 0.323. The number of ether oxygens (including phenoxy) is 3. The van der Waals surface area contributed by atoms with Crippen LogP contribution in [0.25, 0.3) is 83.5 Å². The smallest absolute Gasteiger partial charge is 0.330 e. The number of methoxy groups -OCH3 is 3. The molecular weight excluding hydrogens is 1290 g/mol. The van der Waals surface area contributed by atoms with Gasteiger partial charge in [0.15, 0.2) is 0 Å². The maximum Gasteiger partial charge on any atom is 0.330 e. The molecule has 104 heavy (non-hydrogen) atoms. The Morgan fingerprint density at radius 3 is 1.33 bits per heavy atom. The normalized spacial score (nSPS) is 12.0. The molecule has 3 unspecified atom stereocenters. The van der Waals surface area contributed by atoms with Crippen LogP contribution in [0, 0.1) is 18.8 Å². The summed E-state index contributed by atoms with van der Waals surface area (Å²) in [4.78, 5) is 46.1. The fourth-order valence-electron chi connectivity index (χ4n) is 10.4. The Morgan fingerprint density at radius 1 is 0.471 bits per heavy atom. The third-order valence-electron chi connectivity index (χ3n) is 15.1. The second-order valence-electron chi connectivity index (χ2n) is 21.4. The largest absolute Gasteiger partial charge is 0.481 e. The molecule has 3 atom stereocenters. The van der Waals surface area contributed by atoms with Crippen molar-refractivity contribution in [2.45, 2.75) is 169 Å². The highest BCUT2D eigenvalue weighted by molar-refractivity contribution is 6.00. The molecule has 14 rings (SSSR count). The van der Waals surface area contributed by atoms with Gasteiger partial charge in [0.25, 0.3) is 0 Å². The summed E-state index contributed by atoms with van der Waals surface area (Å²) in [6.07, 6.45) is 15.3. The van der Waals surface area contributed by atoms with Crippen LogP contribution in [0.3, 0.4) is 0 Å². The molecule has 0 spiro atoms. The van der Waals surface area contributed by atoms with Gasteiger partial charge in [-0.2, -0.15) is 0 Å². The van der Waals surface area contributed by atoms with Gasteiger partial charge in [0.1, 0.15) is 0 Å². The van der Waals surface area contributed by atoms with Crippen molar-refractivity contribution in [1.29, 1.82) is 0 Å². The van der Waals surface area contributed by atoms with Gasteiger partial charge < -0.3 is 39.3 Å². The lowest BCUT2D eigenvalue weighted by molar-refractivity contribution is -0.143. The number of carbonyl (C=O) groups excluding carboxylic acids is 2. The molecule has 2 aliphatic carbocycles. The van der Waals surface area contributed by atoms with Crippen molar-refractivity contribution in [3.63, 3.8) is 0 Å². The number of para-hydroxylation sites is 4. The third kappa shape index (κ3) is 33.7. The molecule has 8 aromatic carbocycles. The van der Waals surface area contributed by atoms with Crippen molar-refractivity contribution in [2.24, 2.45) is 11.8 Å². The Kier molecular flexibility index (Phi) is 53.5. The van der Waals surface area contributed by atoms with Crippen LogP contribution in [-0.4, -0.2) is 70.4 Å². The first-order chi connectivity index (χ1) is 51.0. The average molecular weight is 1410 g/mol. The molecule has 1 saturated carbocycles. The van der Waals surface area contributed by atoms with Crippen LogP contribution in [0.5, 0.6) is 0 Å². The third-order valence-corrected chi connectivity index (χ3v) is 15.1. The van der Waals surface area contributed by atoms with E-state index in [0.717, 1.165) is 67.3 Å². The quantitative estimate of drug-likeness (QED) is 0.0489. The van der Waals surface area contributed by atoms with E-state index in [2.05, 4.69) is 127 Å². The number of aromatic amines is 4. The van der Waals surface area contributed by atoms with Crippen molar-refractivity contribution >= 4 is 67.6 Å². The monoisotopic (exact) mass is 1410 g/mol. The number of carboxylic acid groups (broad SMARTS) is 1. The van der Waals surface area contributed by atoms with Crippen LogP contribution in [0.4, 0.5) is 0 Å². The van der Waals surface area contributed by atoms with E-state index in [1.165, 1.54) is 78.2 Å². The Morgan fingerprint density at radius 2 is 0.894 bits per heavy atom. The van der Waals surface area contributed by atoms with E-state index in [-0.39, 0.29) is 24.5 Å². The number of aryl methyl sites for hydroxylation is 2. The summed E-state index contributed by atoms with van der Waals surface area (Å²) in [5, 5.41) is 13.7. The molecular formula is C93H126N4O7. The maximum atomic E-state index is 11.4. The predicted octanol–water partition coefficient (Wildman–Crippen LogP) is 26.6. The Hall–Kier alpha value is -10.2. The van der Waals surface area contributed by atoms with Crippen LogP contribution < -0.4 is 0 Å². The minimum atomic E-state index is -0.769. The van der Waals surface area contributed by atoms with Crippen molar-refractivity contribution in [1.82, 2.24) is 19.9 Å². The summed E-state index contributed by atoms with van der Waals surface area (Å²) in [5.41, 5.74) is 14.5. The average Bonchev–Trinajstić information content (AvgIpc) is 1.65. The molecule has 2 bridgehead atoms. The van der Waals surface area contributed by atoms with Gasteiger partial charge in [-0.15, -0.1) is 0 Å². The summed E-state index contributed by atoms with van der Waals surface area (Å²) >= 11 is 0. The Balaban J connectivity index is 0.00000119. The Labute approximate surface area is 625 Å². The van der Waals surface area contributed by atoms with Gasteiger partial charge in [0.05, 0.1) is 32.4 Å². The molecule has 4 heterocycles. The molecule has 11 nitrogen and oxygen atoms in total. The number of carboxylic acids is 1. The number of fused-ring (bicyclic) bond motifs is 6. The topological polar surface area (TPSA) is 162 Å². The van der Waals surface area contributed by atoms with Crippen LogP contribution in [0.15, 0.2) is 255 Å². The summed E-state index contributed by atoms with van der Waals surface area (Å²) in [5.74, 6) is 0.618. The first kappa shape index (κ1) is 93.8. The van der Waals surface area contributed by atoms with E-state index in [4.69, 9.17) is 9.84 Å². The molecule has 2 aliphatic rings. The first-order valence-electron chi connectivity index (χ1n) is 37.7. The highest BCUT2D eigenvalue weighted by Gasteiger charge is 2.25. The zero-order valence-corrected chi connectivity index (χ0v) is 66.7. The molecule has 12 aromatic rings. The SMILES string of the molecule is C1=CC2CCC1C2.CC.CC.CC.CC.CC.CC.CC.CC.COC(=O)/C=C/c1c(-c2ccccc2)[nH]c2ccccc12.COC(=O)CC(C)OC.Cc1ccccc1.O=C(O)CCc1c(-c2ccccc2)[nH]c2ccccc12.c1ccc(-c2cc3ccccc3[nH]2)cc1.c1ccc2[nH]ccc2c1. The number of nitrogens with one attached hydrogen (secondary N) is 4. The van der Waals surface area contributed by atoms with Crippen LogP contribution in [0.1, 0.15) is 166 Å². The van der Waals surface area contributed by atoms with E-state index in [9.17, 15) is 14.4 Å². The lowest BCUT2D eigenvalue weighted by Gasteiger charge is -2.05. The van der Waals surface area contributed by atoms with E-state index in [1.54, 1.807) is 13.2 Å². The fourth-order valence-corrected chi connectivity index (χ4v) is 10.4. The zero-order chi connectivity index (χ0) is 77.9. The first-order valence-corrected chi connectivity index (χ1v) is 37.7. The lowest BCUT2D eigenvalue weighted by atomic mass is 10.0. The van der Waals surface area contributed by atoms with Crippen molar-refractivity contribution in [2.75, 3.05) is 21.3 Å². The molecule has 0 radical (unpaired) electrons. The Bertz CT molecular complexity index is 4050. The van der Waals surface area contributed by atoms with E-state index in [0.29, 0.717) is 12.8 Å². The maximum absolute atomic E-state index is 11.4. The minimum Gasteiger partial charge on any atom is -0.481 e. The molecule has 0 saturated heterocycles. The number of aliphatic carboxylic acids is 1. The van der Waals surface area contributed by atoms with Gasteiger partial charge in [-0.3, -0.25) is 9.59 Å². The van der Waals surface area contributed by atoms with Gasteiger partial charge in [-0.25, -0.2) is 4.79 Å². The number of aromatic nitrogens is 4. The van der Waals surface area contributed by atoms with Gasteiger partial charge in [-0.1, -0.05) is 323 Å². The second kappa shape index (κ2) is 59.3. The molecule has 0 amide bonds. The molecule has 11 heteroatoms. The van der Waals surface area contributed by atoms with Gasteiger partial charge >= 0.3 is 17.9 Å². The standard InChI is InChI=1S/C18H15NO2.C17H15NO2.C14H11N.C8H7N.C7H10.C7H8.C6H12O3.8C2H6/c1-21-17(20)12-11-15-14-9-5-6-10-16(14)19-18(15)13-7-3-2-4-8-13;19-16(20)11-10-14-13-8-4-5-9-15(13)18-17(14)12-6-2-1-3-7-12;1-2-6-11(7-3-1)14-10-12-8-4-5-9-13(12)15-14;1-2-4-8-7(3-1)5-6-9-8;1-2-7-4-3-6(1)5-7;1-7-5-3-2-4-6-7;1-5(8-2)4-6(7)9-3;8*1-2/h2-12,19H,1H3;1-9,18H,10-11H2,(H,19,20);1-10,15H;1-6,9H;1-2,6-7H,3-5H2;2-6H,1H3;5H,4H2,1-3H3;8*1-2H3/b12-11+;;;;;;;;;;;;;;. The lowest BCUT2D eigenvalue weighted by Crippen LogP contribution is -2.12.